The van der Waals surface area contributed by atoms with Gasteiger partial charge in [-0.2, -0.15) is 0 Å². The lowest BCUT2D eigenvalue weighted by Crippen LogP contribution is -2.27. The third kappa shape index (κ3) is 4.21. The predicted octanol–water partition coefficient (Wildman–Crippen LogP) is 4.82. The molecule has 1 aromatic heterocycles. The molecule has 136 valence electrons. The van der Waals surface area contributed by atoms with Crippen molar-refractivity contribution in [3.8, 4) is 11.3 Å². The second-order valence-electron chi connectivity index (χ2n) is 6.49. The Kier molecular flexibility index (Phi) is 5.87. The number of fused-ring (bicyclic) bond motifs is 1. The fourth-order valence-electron chi connectivity index (χ4n) is 2.88. The SMILES string of the molecule is CN(C)CCCNC(=O)c1ccccc1-c1cc2cc(Cl)c(Cl)cc2[nH]1. The summed E-state index contributed by atoms with van der Waals surface area (Å²) in [5.41, 5.74) is 3.23. The molecular formula is C20H21Cl2N3O. The summed E-state index contributed by atoms with van der Waals surface area (Å²) < 4.78 is 0. The minimum absolute atomic E-state index is 0.0749. The number of carbonyl (C=O) groups is 1. The summed E-state index contributed by atoms with van der Waals surface area (Å²) in [4.78, 5) is 18.1. The van der Waals surface area contributed by atoms with Crippen molar-refractivity contribution < 1.29 is 4.79 Å². The van der Waals surface area contributed by atoms with Gasteiger partial charge < -0.3 is 15.2 Å². The van der Waals surface area contributed by atoms with E-state index in [9.17, 15) is 4.79 Å². The number of rotatable bonds is 6. The van der Waals surface area contributed by atoms with Crippen LogP contribution >= 0.6 is 23.2 Å². The zero-order valence-corrected chi connectivity index (χ0v) is 16.3. The molecule has 0 aliphatic carbocycles. The Labute approximate surface area is 163 Å². The van der Waals surface area contributed by atoms with Crippen molar-refractivity contribution in [2.24, 2.45) is 0 Å². The molecule has 0 bridgehead atoms. The first-order valence-corrected chi connectivity index (χ1v) is 9.21. The van der Waals surface area contributed by atoms with Gasteiger partial charge in [0.2, 0.25) is 0 Å². The van der Waals surface area contributed by atoms with Crippen LogP contribution in [0, 0.1) is 0 Å². The van der Waals surface area contributed by atoms with E-state index in [0.717, 1.165) is 35.1 Å². The van der Waals surface area contributed by atoms with Gasteiger partial charge in [0.1, 0.15) is 0 Å². The van der Waals surface area contributed by atoms with E-state index in [2.05, 4.69) is 15.2 Å². The van der Waals surface area contributed by atoms with Crippen molar-refractivity contribution in [1.29, 1.82) is 0 Å². The smallest absolute Gasteiger partial charge is 0.251 e. The Morgan fingerprint density at radius 2 is 1.85 bits per heavy atom. The molecule has 0 spiro atoms. The first-order valence-electron chi connectivity index (χ1n) is 8.46. The first-order chi connectivity index (χ1) is 12.5. The third-order valence-corrected chi connectivity index (χ3v) is 4.91. The lowest BCUT2D eigenvalue weighted by molar-refractivity contribution is 0.0953. The van der Waals surface area contributed by atoms with Crippen LogP contribution in [0.5, 0.6) is 0 Å². The fraction of sp³-hybridized carbons (Fsp3) is 0.250. The van der Waals surface area contributed by atoms with E-state index in [1.54, 1.807) is 6.07 Å². The molecule has 26 heavy (non-hydrogen) atoms. The summed E-state index contributed by atoms with van der Waals surface area (Å²) in [6.45, 7) is 1.58. The standard InChI is InChI=1S/C20H21Cl2N3O/c1-25(2)9-5-8-23-20(26)15-7-4-3-6-14(15)19-11-13-10-16(21)17(22)12-18(13)24-19/h3-4,6-7,10-12,24H,5,8-9H2,1-2H3,(H,23,26). The number of H-pyrrole nitrogens is 1. The average molecular weight is 390 g/mol. The van der Waals surface area contributed by atoms with Crippen molar-refractivity contribution in [3.05, 3.63) is 58.1 Å². The minimum atomic E-state index is -0.0749. The first kappa shape index (κ1) is 18.8. The van der Waals surface area contributed by atoms with Crippen LogP contribution in [0.3, 0.4) is 0 Å². The second kappa shape index (κ2) is 8.12. The van der Waals surface area contributed by atoms with E-state index in [1.165, 1.54) is 0 Å². The van der Waals surface area contributed by atoms with Crippen LogP contribution in [-0.4, -0.2) is 43.0 Å². The van der Waals surface area contributed by atoms with Crippen LogP contribution in [0.4, 0.5) is 0 Å². The largest absolute Gasteiger partial charge is 0.354 e. The Bertz CT molecular complexity index is 895. The number of hydrogen-bond acceptors (Lipinski definition) is 2. The van der Waals surface area contributed by atoms with Gasteiger partial charge in [-0.1, -0.05) is 41.4 Å². The van der Waals surface area contributed by atoms with Crippen molar-refractivity contribution in [2.45, 2.75) is 6.42 Å². The van der Waals surface area contributed by atoms with E-state index < -0.39 is 0 Å². The molecule has 0 unspecified atom stereocenters. The van der Waals surface area contributed by atoms with E-state index >= 15 is 0 Å². The number of nitrogens with one attached hydrogen (secondary N) is 2. The molecule has 4 nitrogen and oxygen atoms in total. The highest BCUT2D eigenvalue weighted by Gasteiger charge is 2.14. The normalized spacial score (nSPS) is 11.3. The van der Waals surface area contributed by atoms with Crippen molar-refractivity contribution in [3.63, 3.8) is 0 Å². The van der Waals surface area contributed by atoms with Gasteiger partial charge in [-0.15, -0.1) is 0 Å². The zero-order valence-electron chi connectivity index (χ0n) is 14.8. The number of halogens is 2. The van der Waals surface area contributed by atoms with Gasteiger partial charge in [-0.05, 0) is 51.3 Å². The topological polar surface area (TPSA) is 48.1 Å². The summed E-state index contributed by atoms with van der Waals surface area (Å²) in [7, 11) is 4.04. The van der Waals surface area contributed by atoms with E-state index in [4.69, 9.17) is 23.2 Å². The number of aromatic amines is 1. The number of benzene rings is 2. The molecule has 1 amide bonds. The lowest BCUT2D eigenvalue weighted by atomic mass is 10.0. The van der Waals surface area contributed by atoms with Crippen molar-refractivity contribution in [2.75, 3.05) is 27.2 Å². The lowest BCUT2D eigenvalue weighted by Gasteiger charge is -2.11. The summed E-state index contributed by atoms with van der Waals surface area (Å²) in [5.74, 6) is -0.0749. The summed E-state index contributed by atoms with van der Waals surface area (Å²) in [6.07, 6.45) is 0.907. The van der Waals surface area contributed by atoms with E-state index in [-0.39, 0.29) is 5.91 Å². The monoisotopic (exact) mass is 389 g/mol. The van der Waals surface area contributed by atoms with Gasteiger partial charge in [0.05, 0.1) is 10.0 Å². The number of amides is 1. The number of nitrogens with zero attached hydrogens (tertiary/aromatic N) is 1. The molecule has 0 aliphatic rings. The summed E-state index contributed by atoms with van der Waals surface area (Å²) >= 11 is 12.2. The van der Waals surface area contributed by atoms with Gasteiger partial charge in [0.25, 0.3) is 5.91 Å². The number of hydrogen-bond donors (Lipinski definition) is 2. The maximum Gasteiger partial charge on any atom is 0.251 e. The van der Waals surface area contributed by atoms with E-state index in [0.29, 0.717) is 22.2 Å². The van der Waals surface area contributed by atoms with Gasteiger partial charge >= 0.3 is 0 Å². The summed E-state index contributed by atoms with van der Waals surface area (Å²) in [6, 6.07) is 13.2. The third-order valence-electron chi connectivity index (χ3n) is 4.19. The Balaban J connectivity index is 1.86. The fourth-order valence-corrected chi connectivity index (χ4v) is 3.22. The maximum atomic E-state index is 12.6. The average Bonchev–Trinajstić information content (AvgIpc) is 3.01. The molecule has 6 heteroatoms. The Morgan fingerprint density at radius 1 is 1.12 bits per heavy atom. The molecule has 3 aromatic rings. The number of carbonyl (C=O) groups excluding carboxylic acids is 1. The quantitative estimate of drug-likeness (QED) is 0.593. The maximum absolute atomic E-state index is 12.6. The molecule has 0 aliphatic heterocycles. The zero-order chi connectivity index (χ0) is 18.7. The van der Waals surface area contributed by atoms with Crippen LogP contribution < -0.4 is 5.32 Å². The molecule has 3 rings (SSSR count). The Hall–Kier alpha value is -2.01. The van der Waals surface area contributed by atoms with E-state index in [1.807, 2.05) is 50.5 Å². The second-order valence-corrected chi connectivity index (χ2v) is 7.31. The predicted molar refractivity (Wildman–Crippen MR) is 109 cm³/mol. The molecule has 0 atom stereocenters. The molecule has 2 N–H and O–H groups in total. The highest BCUT2D eigenvalue weighted by atomic mass is 35.5. The molecule has 0 saturated heterocycles. The van der Waals surface area contributed by atoms with Gasteiger partial charge in [-0.3, -0.25) is 4.79 Å². The number of aromatic nitrogens is 1. The van der Waals surface area contributed by atoms with Gasteiger partial charge in [0.15, 0.2) is 0 Å². The molecule has 0 radical (unpaired) electrons. The van der Waals surface area contributed by atoms with Crippen LogP contribution in [0.15, 0.2) is 42.5 Å². The van der Waals surface area contributed by atoms with Crippen molar-refractivity contribution >= 4 is 40.0 Å². The van der Waals surface area contributed by atoms with Gasteiger partial charge in [0, 0.05) is 34.3 Å². The van der Waals surface area contributed by atoms with Crippen LogP contribution in [0.2, 0.25) is 10.0 Å². The highest BCUT2D eigenvalue weighted by Crippen LogP contribution is 2.32. The molecule has 1 heterocycles. The van der Waals surface area contributed by atoms with Crippen LogP contribution in [-0.2, 0) is 0 Å². The van der Waals surface area contributed by atoms with Gasteiger partial charge in [-0.25, -0.2) is 0 Å². The Morgan fingerprint density at radius 3 is 2.62 bits per heavy atom. The van der Waals surface area contributed by atoms with Crippen LogP contribution in [0.1, 0.15) is 16.8 Å². The van der Waals surface area contributed by atoms with Crippen LogP contribution in [0.25, 0.3) is 22.2 Å². The molecule has 0 fully saturated rings. The highest BCUT2D eigenvalue weighted by molar-refractivity contribution is 6.42. The summed E-state index contributed by atoms with van der Waals surface area (Å²) in [5, 5.41) is 4.96. The molecule has 2 aromatic carbocycles. The minimum Gasteiger partial charge on any atom is -0.354 e. The molecule has 0 saturated carbocycles. The molecular weight excluding hydrogens is 369 g/mol. The van der Waals surface area contributed by atoms with Crippen molar-refractivity contribution in [1.82, 2.24) is 15.2 Å².